The van der Waals surface area contributed by atoms with Crippen LogP contribution in [0.2, 0.25) is 0 Å². The second kappa shape index (κ2) is 3.95. The molecule has 0 radical (unpaired) electrons. The molecule has 0 saturated heterocycles. The smallest absolute Gasteiger partial charge is 0.186 e. The quantitative estimate of drug-likeness (QED) is 0.630. The molecule has 2 N–H and O–H groups in total. The first-order valence-electron chi connectivity index (χ1n) is 6.41. The molecule has 0 bridgehead atoms. The summed E-state index contributed by atoms with van der Waals surface area (Å²) in [5, 5.41) is 0. The van der Waals surface area contributed by atoms with Gasteiger partial charge in [-0.05, 0) is 23.8 Å². The minimum absolute atomic E-state index is 0.0994. The summed E-state index contributed by atoms with van der Waals surface area (Å²) in [6.07, 6.45) is 3.59. The van der Waals surface area contributed by atoms with Crippen LogP contribution in [0.25, 0.3) is 28.1 Å². The number of Topliss-reactive ketones (excluding diaryl/α,β-unsaturated/α-hetero) is 1. The Bertz CT molecular complexity index is 899. The van der Waals surface area contributed by atoms with Crippen LogP contribution in [0.1, 0.15) is 15.9 Å². The van der Waals surface area contributed by atoms with Gasteiger partial charge in [-0.15, -0.1) is 0 Å². The zero-order chi connectivity index (χ0) is 13.7. The van der Waals surface area contributed by atoms with Crippen molar-refractivity contribution in [3.8, 4) is 0 Å². The van der Waals surface area contributed by atoms with Crippen LogP contribution in [0.15, 0.2) is 42.5 Å². The lowest BCUT2D eigenvalue weighted by Crippen LogP contribution is -2.31. The summed E-state index contributed by atoms with van der Waals surface area (Å²) in [6, 6.07) is 10.8. The molecule has 0 saturated carbocycles. The summed E-state index contributed by atoms with van der Waals surface area (Å²) >= 11 is 0. The summed E-state index contributed by atoms with van der Waals surface area (Å²) in [5.74, 6) is -0.0994. The van der Waals surface area contributed by atoms with E-state index in [0.717, 1.165) is 22.1 Å². The van der Waals surface area contributed by atoms with Gasteiger partial charge in [0.05, 0.1) is 28.2 Å². The average Bonchev–Trinajstić information content (AvgIpc) is 2.48. The van der Waals surface area contributed by atoms with E-state index in [2.05, 4.69) is 9.97 Å². The van der Waals surface area contributed by atoms with E-state index in [1.54, 1.807) is 6.08 Å². The molecule has 3 aromatic rings. The number of rotatable bonds is 0. The maximum atomic E-state index is 12.3. The molecule has 20 heavy (non-hydrogen) atoms. The SMILES string of the molecule is NC1C=Cc2ccc3nc4ccccc4nc3c2C1=O. The third-order valence-corrected chi connectivity index (χ3v) is 3.58. The molecular formula is C16H11N3O. The Balaban J connectivity index is 2.15. The van der Waals surface area contributed by atoms with E-state index in [1.807, 2.05) is 42.5 Å². The van der Waals surface area contributed by atoms with Gasteiger partial charge in [0.15, 0.2) is 5.78 Å². The van der Waals surface area contributed by atoms with Crippen molar-refractivity contribution in [1.82, 2.24) is 9.97 Å². The molecule has 0 amide bonds. The minimum Gasteiger partial charge on any atom is -0.318 e. The number of carbonyl (C=O) groups excluding carboxylic acids is 1. The van der Waals surface area contributed by atoms with Gasteiger partial charge in [0, 0.05) is 0 Å². The first kappa shape index (κ1) is 11.3. The summed E-state index contributed by atoms with van der Waals surface area (Å²) in [5.41, 5.74) is 10.2. The standard InChI is InChI=1S/C16H11N3O/c17-10-7-5-9-6-8-13-15(14(9)16(10)20)19-12-4-2-1-3-11(12)18-13/h1-8,10H,17H2. The highest BCUT2D eigenvalue weighted by Crippen LogP contribution is 2.27. The van der Waals surface area contributed by atoms with Crippen LogP contribution in [-0.4, -0.2) is 21.8 Å². The zero-order valence-corrected chi connectivity index (χ0v) is 10.6. The molecule has 1 aromatic heterocycles. The van der Waals surface area contributed by atoms with Crippen LogP contribution in [0.4, 0.5) is 0 Å². The summed E-state index contributed by atoms with van der Waals surface area (Å²) in [6.45, 7) is 0. The molecule has 2 aromatic carbocycles. The van der Waals surface area contributed by atoms with Gasteiger partial charge >= 0.3 is 0 Å². The number of carbonyl (C=O) groups is 1. The van der Waals surface area contributed by atoms with E-state index in [9.17, 15) is 4.79 Å². The molecule has 0 aliphatic heterocycles. The highest BCUT2D eigenvalue weighted by molar-refractivity contribution is 6.14. The van der Waals surface area contributed by atoms with E-state index in [4.69, 9.17) is 5.73 Å². The third-order valence-electron chi connectivity index (χ3n) is 3.58. The second-order valence-electron chi connectivity index (χ2n) is 4.86. The van der Waals surface area contributed by atoms with Crippen LogP contribution in [0, 0.1) is 0 Å². The van der Waals surface area contributed by atoms with Gasteiger partial charge in [0.2, 0.25) is 0 Å². The van der Waals surface area contributed by atoms with E-state index >= 15 is 0 Å². The molecule has 96 valence electrons. The zero-order valence-electron chi connectivity index (χ0n) is 10.6. The van der Waals surface area contributed by atoms with E-state index in [0.29, 0.717) is 11.1 Å². The Kier molecular flexibility index (Phi) is 2.22. The van der Waals surface area contributed by atoms with Crippen LogP contribution in [0.3, 0.4) is 0 Å². The van der Waals surface area contributed by atoms with Gasteiger partial charge in [0.25, 0.3) is 0 Å². The predicted octanol–water partition coefficient (Wildman–Crippen LogP) is 2.32. The molecule has 4 heteroatoms. The van der Waals surface area contributed by atoms with Gasteiger partial charge < -0.3 is 5.73 Å². The number of nitrogens with zero attached hydrogens (tertiary/aromatic N) is 2. The second-order valence-corrected chi connectivity index (χ2v) is 4.86. The topological polar surface area (TPSA) is 68.9 Å². The Morgan fingerprint density at radius 1 is 0.950 bits per heavy atom. The van der Waals surface area contributed by atoms with Crippen molar-refractivity contribution in [2.75, 3.05) is 0 Å². The Labute approximate surface area is 114 Å². The number of ketones is 1. The van der Waals surface area contributed by atoms with E-state index in [-0.39, 0.29) is 5.78 Å². The summed E-state index contributed by atoms with van der Waals surface area (Å²) in [4.78, 5) is 21.5. The number of para-hydroxylation sites is 2. The molecule has 1 unspecified atom stereocenters. The minimum atomic E-state index is -0.596. The van der Waals surface area contributed by atoms with Gasteiger partial charge in [-0.25, -0.2) is 9.97 Å². The van der Waals surface area contributed by atoms with Crippen molar-refractivity contribution in [2.45, 2.75) is 6.04 Å². The Morgan fingerprint density at radius 2 is 1.70 bits per heavy atom. The molecule has 1 aliphatic rings. The lowest BCUT2D eigenvalue weighted by Gasteiger charge is -2.16. The maximum Gasteiger partial charge on any atom is 0.186 e. The van der Waals surface area contributed by atoms with Crippen LogP contribution in [0.5, 0.6) is 0 Å². The predicted molar refractivity (Wildman–Crippen MR) is 78.4 cm³/mol. The van der Waals surface area contributed by atoms with Crippen LogP contribution in [-0.2, 0) is 0 Å². The summed E-state index contributed by atoms with van der Waals surface area (Å²) < 4.78 is 0. The van der Waals surface area contributed by atoms with E-state index < -0.39 is 6.04 Å². The fraction of sp³-hybridized carbons (Fsp3) is 0.0625. The molecular weight excluding hydrogens is 250 g/mol. The van der Waals surface area contributed by atoms with Crippen molar-refractivity contribution < 1.29 is 4.79 Å². The molecule has 0 fully saturated rings. The normalized spacial score (nSPS) is 17.6. The number of aromatic nitrogens is 2. The van der Waals surface area contributed by atoms with Crippen molar-refractivity contribution in [3.63, 3.8) is 0 Å². The highest BCUT2D eigenvalue weighted by Gasteiger charge is 2.23. The van der Waals surface area contributed by atoms with Crippen molar-refractivity contribution >= 4 is 33.9 Å². The lowest BCUT2D eigenvalue weighted by atomic mass is 9.92. The number of nitrogens with two attached hydrogens (primary N) is 1. The fourth-order valence-electron chi connectivity index (χ4n) is 2.56. The van der Waals surface area contributed by atoms with Crippen molar-refractivity contribution in [1.29, 1.82) is 0 Å². The highest BCUT2D eigenvalue weighted by atomic mass is 16.1. The molecule has 1 heterocycles. The van der Waals surface area contributed by atoms with Crippen LogP contribution >= 0.6 is 0 Å². The van der Waals surface area contributed by atoms with Crippen molar-refractivity contribution in [3.05, 3.63) is 53.6 Å². The monoisotopic (exact) mass is 261 g/mol. The van der Waals surface area contributed by atoms with Crippen molar-refractivity contribution in [2.24, 2.45) is 5.73 Å². The molecule has 1 atom stereocenters. The average molecular weight is 261 g/mol. The Morgan fingerprint density at radius 3 is 2.50 bits per heavy atom. The largest absolute Gasteiger partial charge is 0.318 e. The molecule has 4 nitrogen and oxygen atoms in total. The molecule has 1 aliphatic carbocycles. The fourth-order valence-corrected chi connectivity index (χ4v) is 2.56. The first-order valence-corrected chi connectivity index (χ1v) is 6.41. The van der Waals surface area contributed by atoms with Gasteiger partial charge in [-0.1, -0.05) is 30.4 Å². The summed E-state index contributed by atoms with van der Waals surface area (Å²) in [7, 11) is 0. The number of hydrogen-bond acceptors (Lipinski definition) is 4. The number of hydrogen-bond donors (Lipinski definition) is 1. The van der Waals surface area contributed by atoms with Gasteiger partial charge in [-0.3, -0.25) is 4.79 Å². The van der Waals surface area contributed by atoms with Gasteiger partial charge in [0.1, 0.15) is 5.52 Å². The van der Waals surface area contributed by atoms with Gasteiger partial charge in [-0.2, -0.15) is 0 Å². The van der Waals surface area contributed by atoms with Crippen LogP contribution < -0.4 is 5.73 Å². The van der Waals surface area contributed by atoms with E-state index in [1.165, 1.54) is 0 Å². The Hall–Kier alpha value is -2.59. The third kappa shape index (κ3) is 1.49. The maximum absolute atomic E-state index is 12.3. The number of benzene rings is 2. The lowest BCUT2D eigenvalue weighted by molar-refractivity contribution is 0.0978. The first-order chi connectivity index (χ1) is 9.74. The number of fused-ring (bicyclic) bond motifs is 4. The molecule has 4 rings (SSSR count). The molecule has 0 spiro atoms.